The van der Waals surface area contributed by atoms with E-state index in [2.05, 4.69) is 5.32 Å². The molecule has 1 aliphatic heterocycles. The van der Waals surface area contributed by atoms with Crippen LogP contribution in [0.3, 0.4) is 0 Å². The van der Waals surface area contributed by atoms with Crippen molar-refractivity contribution in [3.63, 3.8) is 0 Å². The van der Waals surface area contributed by atoms with Crippen LogP contribution in [-0.2, 0) is 4.79 Å². The maximum absolute atomic E-state index is 13.8. The number of rotatable bonds is 1. The van der Waals surface area contributed by atoms with Gasteiger partial charge in [-0.25, -0.2) is 8.78 Å². The lowest BCUT2D eigenvalue weighted by Gasteiger charge is -2.32. The Kier molecular flexibility index (Phi) is 3.50. The molecule has 1 aliphatic rings. The summed E-state index contributed by atoms with van der Waals surface area (Å²) in [6.45, 7) is 4.52. The Hall–Kier alpha value is -1.65. The monoisotopic (exact) mass is 254 g/mol. The molecule has 0 saturated heterocycles. The second-order valence-corrected chi connectivity index (χ2v) is 4.72. The minimum absolute atomic E-state index is 0.0785. The molecule has 98 valence electrons. The van der Waals surface area contributed by atoms with E-state index in [0.717, 1.165) is 6.07 Å². The van der Waals surface area contributed by atoms with Gasteiger partial charge in [-0.15, -0.1) is 0 Å². The molecule has 0 aromatic heterocycles. The highest BCUT2D eigenvalue weighted by atomic mass is 19.1. The molecule has 1 aromatic carbocycles. The molecule has 0 unspecified atom stereocenters. The number of carbonyl (C=O) groups excluding carboxylic acids is 1. The number of benzene rings is 1. The maximum atomic E-state index is 13.8. The van der Waals surface area contributed by atoms with E-state index >= 15 is 0 Å². The summed E-state index contributed by atoms with van der Waals surface area (Å²) < 4.78 is 27.1. The van der Waals surface area contributed by atoms with Crippen molar-refractivity contribution in [1.82, 2.24) is 0 Å². The molecule has 0 aliphatic carbocycles. The van der Waals surface area contributed by atoms with Gasteiger partial charge in [0.05, 0.1) is 5.69 Å². The number of halogens is 2. The van der Waals surface area contributed by atoms with Crippen LogP contribution in [0.25, 0.3) is 0 Å². The number of hydrogen-bond acceptors (Lipinski definition) is 2. The van der Waals surface area contributed by atoms with Gasteiger partial charge in [0, 0.05) is 25.1 Å². The molecule has 1 heterocycles. The Morgan fingerprint density at radius 2 is 2.06 bits per heavy atom. The molecule has 5 heteroatoms. The quantitative estimate of drug-likeness (QED) is 0.835. The van der Waals surface area contributed by atoms with E-state index in [1.165, 1.54) is 6.07 Å². The Balaban J connectivity index is 2.54. The molecule has 1 aromatic rings. The number of carbonyl (C=O) groups is 1. The van der Waals surface area contributed by atoms with Crippen LogP contribution in [0.15, 0.2) is 12.1 Å². The van der Waals surface area contributed by atoms with Crippen molar-refractivity contribution in [2.24, 2.45) is 0 Å². The summed E-state index contributed by atoms with van der Waals surface area (Å²) in [5.41, 5.74) is 0.491. The van der Waals surface area contributed by atoms with Gasteiger partial charge in [-0.05, 0) is 26.3 Å². The second-order valence-electron chi connectivity index (χ2n) is 4.72. The first-order valence-electron chi connectivity index (χ1n) is 6.04. The largest absolute Gasteiger partial charge is 0.367 e. The molecule has 0 radical (unpaired) electrons. The number of fused-ring (bicyclic) bond motifs is 1. The molecule has 0 saturated carbocycles. The summed E-state index contributed by atoms with van der Waals surface area (Å²) >= 11 is 0. The van der Waals surface area contributed by atoms with Crippen molar-refractivity contribution in [3.05, 3.63) is 23.8 Å². The van der Waals surface area contributed by atoms with Crippen molar-refractivity contribution >= 4 is 17.3 Å². The van der Waals surface area contributed by atoms with E-state index in [1.807, 2.05) is 18.7 Å². The van der Waals surface area contributed by atoms with Crippen molar-refractivity contribution in [2.45, 2.75) is 32.7 Å². The maximum Gasteiger partial charge on any atom is 0.224 e. The molecule has 0 atom stereocenters. The zero-order chi connectivity index (χ0) is 13.3. The van der Waals surface area contributed by atoms with Crippen molar-refractivity contribution in [3.8, 4) is 0 Å². The lowest BCUT2D eigenvalue weighted by atomic mass is 10.1. The summed E-state index contributed by atoms with van der Waals surface area (Å²) in [6, 6.07) is 2.17. The molecule has 1 amide bonds. The molecule has 0 bridgehead atoms. The van der Waals surface area contributed by atoms with E-state index in [1.54, 1.807) is 0 Å². The molecular formula is C13H16F2N2O. The average Bonchev–Trinajstić information content (AvgIpc) is 2.25. The van der Waals surface area contributed by atoms with Crippen LogP contribution in [0, 0.1) is 11.6 Å². The fourth-order valence-corrected chi connectivity index (χ4v) is 2.18. The highest BCUT2D eigenvalue weighted by Gasteiger charge is 2.22. The second kappa shape index (κ2) is 4.92. The summed E-state index contributed by atoms with van der Waals surface area (Å²) in [5, 5.41) is 2.52. The fraction of sp³-hybridized carbons (Fsp3) is 0.462. The van der Waals surface area contributed by atoms with Gasteiger partial charge in [-0.1, -0.05) is 0 Å². The third-order valence-corrected chi connectivity index (χ3v) is 3.03. The normalized spacial score (nSPS) is 16.1. The number of nitrogens with zero attached hydrogens (tertiary/aromatic N) is 1. The lowest BCUT2D eigenvalue weighted by Crippen LogP contribution is -2.35. The predicted octanol–water partition coefficient (Wildman–Crippen LogP) is 2.91. The summed E-state index contributed by atoms with van der Waals surface area (Å²) in [5.74, 6) is -1.59. The smallest absolute Gasteiger partial charge is 0.224 e. The van der Waals surface area contributed by atoms with Crippen LogP contribution >= 0.6 is 0 Å². The number of hydrogen-bond donors (Lipinski definition) is 1. The molecular weight excluding hydrogens is 238 g/mol. The zero-order valence-corrected chi connectivity index (χ0v) is 10.5. The minimum Gasteiger partial charge on any atom is -0.367 e. The van der Waals surface area contributed by atoms with E-state index in [9.17, 15) is 13.6 Å². The Labute approximate surface area is 105 Å². The van der Waals surface area contributed by atoms with E-state index in [4.69, 9.17) is 0 Å². The first-order valence-corrected chi connectivity index (χ1v) is 6.04. The number of amides is 1. The van der Waals surface area contributed by atoms with Gasteiger partial charge in [-0.3, -0.25) is 4.79 Å². The fourth-order valence-electron chi connectivity index (χ4n) is 2.18. The summed E-state index contributed by atoms with van der Waals surface area (Å²) in [4.78, 5) is 13.4. The van der Waals surface area contributed by atoms with Crippen LogP contribution < -0.4 is 10.2 Å². The summed E-state index contributed by atoms with van der Waals surface area (Å²) in [7, 11) is 0. The van der Waals surface area contributed by atoms with E-state index in [-0.39, 0.29) is 17.6 Å². The molecule has 0 fully saturated rings. The lowest BCUT2D eigenvalue weighted by molar-refractivity contribution is -0.116. The van der Waals surface area contributed by atoms with Gasteiger partial charge in [0.1, 0.15) is 11.5 Å². The standard InChI is InChI=1S/C13H16F2N2O/c1-8(2)17-5-3-4-12(18)16-13-10(15)6-9(14)7-11(13)17/h6-8H,3-5H2,1-2H3,(H,16,18). The van der Waals surface area contributed by atoms with E-state index < -0.39 is 11.6 Å². The van der Waals surface area contributed by atoms with Crippen LogP contribution in [0.4, 0.5) is 20.2 Å². The van der Waals surface area contributed by atoms with Crippen LogP contribution in [-0.4, -0.2) is 18.5 Å². The highest BCUT2D eigenvalue weighted by molar-refractivity contribution is 5.95. The first kappa shape index (κ1) is 12.8. The molecule has 2 rings (SSSR count). The average molecular weight is 254 g/mol. The topological polar surface area (TPSA) is 32.3 Å². The van der Waals surface area contributed by atoms with Gasteiger partial charge in [0.15, 0.2) is 5.82 Å². The van der Waals surface area contributed by atoms with E-state index in [0.29, 0.717) is 25.1 Å². The Morgan fingerprint density at radius 3 is 2.72 bits per heavy atom. The molecule has 0 spiro atoms. The predicted molar refractivity (Wildman–Crippen MR) is 66.7 cm³/mol. The van der Waals surface area contributed by atoms with Gasteiger partial charge in [-0.2, -0.15) is 0 Å². The van der Waals surface area contributed by atoms with Gasteiger partial charge in [0.2, 0.25) is 5.91 Å². The minimum atomic E-state index is -0.731. The van der Waals surface area contributed by atoms with Crippen molar-refractivity contribution in [1.29, 1.82) is 0 Å². The Bertz CT molecular complexity index is 474. The summed E-state index contributed by atoms with van der Waals surface area (Å²) in [6.07, 6.45) is 1.01. The molecule has 18 heavy (non-hydrogen) atoms. The van der Waals surface area contributed by atoms with Crippen LogP contribution in [0.1, 0.15) is 26.7 Å². The molecule has 1 N–H and O–H groups in total. The number of nitrogens with one attached hydrogen (secondary N) is 1. The van der Waals surface area contributed by atoms with Crippen LogP contribution in [0.2, 0.25) is 0 Å². The van der Waals surface area contributed by atoms with Gasteiger partial charge >= 0.3 is 0 Å². The van der Waals surface area contributed by atoms with Crippen molar-refractivity contribution < 1.29 is 13.6 Å². The van der Waals surface area contributed by atoms with Crippen molar-refractivity contribution in [2.75, 3.05) is 16.8 Å². The van der Waals surface area contributed by atoms with Crippen LogP contribution in [0.5, 0.6) is 0 Å². The highest BCUT2D eigenvalue weighted by Crippen LogP contribution is 2.33. The first-order chi connectivity index (χ1) is 8.49. The number of anilines is 2. The van der Waals surface area contributed by atoms with Gasteiger partial charge < -0.3 is 10.2 Å². The SMILES string of the molecule is CC(C)N1CCCC(=O)Nc2c(F)cc(F)cc21. The van der Waals surface area contributed by atoms with Gasteiger partial charge in [0.25, 0.3) is 0 Å². The third kappa shape index (κ3) is 2.44. The third-order valence-electron chi connectivity index (χ3n) is 3.03. The Morgan fingerprint density at radius 1 is 1.33 bits per heavy atom. The zero-order valence-electron chi connectivity index (χ0n) is 10.5. The molecule has 3 nitrogen and oxygen atoms in total.